The summed E-state index contributed by atoms with van der Waals surface area (Å²) < 4.78 is 23.0. The number of aliphatic carboxylic acids is 1. The Balaban J connectivity index is 3.99. The van der Waals surface area contributed by atoms with Crippen LogP contribution in [0.4, 0.5) is 0 Å². The Morgan fingerprint density at radius 1 is 0.375 bits per heavy atom. The van der Waals surface area contributed by atoms with Gasteiger partial charge in [0.25, 0.3) is 6.29 Å². The highest BCUT2D eigenvalue weighted by molar-refractivity contribution is 5.71. The molecule has 0 amide bonds. The summed E-state index contributed by atoms with van der Waals surface area (Å²) in [7, 11) is 5.98. The molecule has 0 aromatic rings. The molecule has 0 rings (SSSR count). The average molecular weight is 1130 g/mol. The maximum absolute atomic E-state index is 12.9. The van der Waals surface area contributed by atoms with Crippen molar-refractivity contribution in [2.45, 2.75) is 354 Å². The van der Waals surface area contributed by atoms with Gasteiger partial charge >= 0.3 is 17.9 Å². The van der Waals surface area contributed by atoms with Crippen molar-refractivity contribution in [1.82, 2.24) is 0 Å². The minimum atomic E-state index is -1.51. The van der Waals surface area contributed by atoms with Gasteiger partial charge in [-0.25, -0.2) is 4.79 Å². The Bertz CT molecular complexity index is 1410. The lowest BCUT2D eigenvalue weighted by molar-refractivity contribution is -0.870. The molecule has 0 aliphatic carbocycles. The third-order valence-electron chi connectivity index (χ3n) is 15.6. The number of hydrogen-bond acceptors (Lipinski definition) is 7. The van der Waals surface area contributed by atoms with Crippen molar-refractivity contribution in [3.8, 4) is 0 Å². The third-order valence-corrected chi connectivity index (χ3v) is 15.6. The molecular formula is C71H134NO8+. The summed E-state index contributed by atoms with van der Waals surface area (Å²) in [5.74, 6) is -1.99. The van der Waals surface area contributed by atoms with Crippen LogP contribution in [0.15, 0.2) is 36.5 Å². The first kappa shape index (κ1) is 77.5. The molecular weight excluding hydrogens is 995 g/mol. The van der Waals surface area contributed by atoms with E-state index in [0.29, 0.717) is 17.4 Å². The second kappa shape index (κ2) is 62.6. The van der Waals surface area contributed by atoms with Crippen LogP contribution in [0.1, 0.15) is 341 Å². The van der Waals surface area contributed by atoms with E-state index in [-0.39, 0.29) is 38.2 Å². The highest BCUT2D eigenvalue weighted by Crippen LogP contribution is 2.18. The molecule has 1 N–H and O–H groups in total. The van der Waals surface area contributed by atoms with E-state index >= 15 is 0 Å². The van der Waals surface area contributed by atoms with Crippen molar-refractivity contribution in [2.24, 2.45) is 0 Å². The van der Waals surface area contributed by atoms with Crippen molar-refractivity contribution >= 4 is 17.9 Å². The van der Waals surface area contributed by atoms with Crippen LogP contribution < -0.4 is 0 Å². The molecule has 0 saturated carbocycles. The molecule has 0 aliphatic rings. The van der Waals surface area contributed by atoms with Gasteiger partial charge in [0.05, 0.1) is 34.4 Å². The summed E-state index contributed by atoms with van der Waals surface area (Å²) in [6.45, 7) is 4.91. The van der Waals surface area contributed by atoms with Crippen LogP contribution in [0, 0.1) is 0 Å². The first-order valence-electron chi connectivity index (χ1n) is 34.7. The Morgan fingerprint density at radius 2 is 0.675 bits per heavy atom. The number of esters is 2. The molecule has 0 saturated heterocycles. The number of carbonyl (C=O) groups excluding carboxylic acids is 2. The van der Waals surface area contributed by atoms with Gasteiger partial charge < -0.3 is 28.5 Å². The second-order valence-corrected chi connectivity index (χ2v) is 24.8. The lowest BCUT2D eigenvalue weighted by Crippen LogP contribution is -2.40. The molecule has 80 heavy (non-hydrogen) atoms. The fourth-order valence-electron chi connectivity index (χ4n) is 10.3. The van der Waals surface area contributed by atoms with E-state index in [4.69, 9.17) is 18.9 Å². The zero-order valence-electron chi connectivity index (χ0n) is 53.8. The molecule has 0 aliphatic heterocycles. The van der Waals surface area contributed by atoms with Gasteiger partial charge in [0, 0.05) is 12.8 Å². The first-order valence-corrected chi connectivity index (χ1v) is 34.7. The van der Waals surface area contributed by atoms with Gasteiger partial charge in [0.15, 0.2) is 6.10 Å². The highest BCUT2D eigenvalue weighted by atomic mass is 16.7. The van der Waals surface area contributed by atoms with Crippen LogP contribution in [0.2, 0.25) is 0 Å². The third kappa shape index (κ3) is 63.1. The largest absolute Gasteiger partial charge is 0.477 e. The number of hydrogen-bond donors (Lipinski definition) is 1. The smallest absolute Gasteiger partial charge is 0.361 e. The molecule has 2 unspecified atom stereocenters. The maximum Gasteiger partial charge on any atom is 0.361 e. The van der Waals surface area contributed by atoms with Crippen LogP contribution in [0.25, 0.3) is 0 Å². The topological polar surface area (TPSA) is 108 Å². The predicted octanol–water partition coefficient (Wildman–Crippen LogP) is 21.2. The number of ether oxygens (including phenoxy) is 4. The van der Waals surface area contributed by atoms with E-state index in [9.17, 15) is 19.5 Å². The molecule has 0 aromatic carbocycles. The molecule has 9 nitrogen and oxygen atoms in total. The Hall–Kier alpha value is -2.49. The SMILES string of the molecule is CCCCCCC/C=C\C/C=C\CCCCCCCCCCCCCCCCCCCCCCCCCCCC(=O)OC(COC(=O)CCCCCCCCC/C=C\CCCCCCCCC)COC(OCC[N+](C)(C)C)C(=O)O. The summed E-state index contributed by atoms with van der Waals surface area (Å²) in [4.78, 5) is 37.5. The van der Waals surface area contributed by atoms with E-state index in [1.165, 1.54) is 270 Å². The number of likely N-dealkylation sites (N-methyl/N-ethyl adjacent to an activating group) is 1. The number of carboxylic acid groups (broad SMARTS) is 1. The molecule has 0 aromatic heterocycles. The standard InChI is InChI=1S/C71H133NO8/c1-6-8-10-12-14-16-18-20-22-24-26-27-28-29-30-31-32-33-34-35-36-37-38-39-40-41-42-43-44-46-48-50-52-54-56-58-60-62-69(74)80-67(66-79-71(70(75)76)77-64-63-72(3,4)5)65-78-68(73)61-59-57-55-53-51-49-47-45-25-23-21-19-17-15-13-11-9-7-2/h18,20,23-26,67,71H,6-17,19,21-22,27-66H2,1-5H3/p+1/b20-18-,25-23-,26-24-. The normalized spacial score (nSPS) is 12.9. The van der Waals surface area contributed by atoms with Crippen LogP contribution in [-0.2, 0) is 33.3 Å². The highest BCUT2D eigenvalue weighted by Gasteiger charge is 2.25. The van der Waals surface area contributed by atoms with Gasteiger partial charge in [-0.2, -0.15) is 0 Å². The van der Waals surface area contributed by atoms with Crippen LogP contribution in [0.5, 0.6) is 0 Å². The van der Waals surface area contributed by atoms with Gasteiger partial charge in [0.2, 0.25) is 0 Å². The molecule has 0 bridgehead atoms. The number of allylic oxidation sites excluding steroid dienone is 6. The number of nitrogens with zero attached hydrogens (tertiary/aromatic N) is 1. The summed E-state index contributed by atoms with van der Waals surface area (Å²) >= 11 is 0. The summed E-state index contributed by atoms with van der Waals surface area (Å²) in [6.07, 6.45) is 75.5. The maximum atomic E-state index is 12.9. The lowest BCUT2D eigenvalue weighted by atomic mass is 10.0. The Morgan fingerprint density at radius 3 is 1.00 bits per heavy atom. The number of carboxylic acids is 1. The van der Waals surface area contributed by atoms with Gasteiger partial charge in [-0.1, -0.05) is 294 Å². The number of quaternary nitrogens is 1. The lowest BCUT2D eigenvalue weighted by Gasteiger charge is -2.25. The molecule has 470 valence electrons. The van der Waals surface area contributed by atoms with E-state index in [2.05, 4.69) is 50.3 Å². The summed E-state index contributed by atoms with van der Waals surface area (Å²) in [5.41, 5.74) is 0. The van der Waals surface area contributed by atoms with Gasteiger partial charge in [0.1, 0.15) is 13.2 Å². The van der Waals surface area contributed by atoms with E-state index in [0.717, 1.165) is 44.9 Å². The summed E-state index contributed by atoms with van der Waals surface area (Å²) in [6, 6.07) is 0. The van der Waals surface area contributed by atoms with Crippen molar-refractivity contribution < 1.29 is 42.9 Å². The minimum Gasteiger partial charge on any atom is -0.477 e. The predicted molar refractivity (Wildman–Crippen MR) is 341 cm³/mol. The summed E-state index contributed by atoms with van der Waals surface area (Å²) in [5, 5.41) is 9.73. The van der Waals surface area contributed by atoms with Crippen molar-refractivity contribution in [1.29, 1.82) is 0 Å². The Labute approximate surface area is 496 Å². The van der Waals surface area contributed by atoms with Crippen LogP contribution in [-0.4, -0.2) is 87.4 Å². The molecule has 0 fully saturated rings. The number of rotatable bonds is 65. The Kier molecular flexibility index (Phi) is 60.6. The van der Waals surface area contributed by atoms with Gasteiger partial charge in [-0.05, 0) is 70.6 Å². The van der Waals surface area contributed by atoms with Gasteiger partial charge in [-0.15, -0.1) is 0 Å². The number of carbonyl (C=O) groups is 3. The average Bonchev–Trinajstić information content (AvgIpc) is 3.43. The van der Waals surface area contributed by atoms with Crippen LogP contribution >= 0.6 is 0 Å². The van der Waals surface area contributed by atoms with Crippen molar-refractivity contribution in [2.75, 3.05) is 47.5 Å². The molecule has 0 spiro atoms. The monoisotopic (exact) mass is 1130 g/mol. The molecule has 0 heterocycles. The molecule has 0 radical (unpaired) electrons. The van der Waals surface area contributed by atoms with E-state index in [1.807, 2.05) is 21.1 Å². The van der Waals surface area contributed by atoms with Crippen molar-refractivity contribution in [3.63, 3.8) is 0 Å². The zero-order valence-corrected chi connectivity index (χ0v) is 53.8. The first-order chi connectivity index (χ1) is 39.1. The zero-order chi connectivity index (χ0) is 58.3. The second-order valence-electron chi connectivity index (χ2n) is 24.8. The fraction of sp³-hybridized carbons (Fsp3) is 0.873. The number of unbranched alkanes of at least 4 members (excludes halogenated alkanes) is 44. The molecule has 9 heteroatoms. The quantitative estimate of drug-likeness (QED) is 0.0211. The van der Waals surface area contributed by atoms with Gasteiger partial charge in [-0.3, -0.25) is 9.59 Å². The van der Waals surface area contributed by atoms with E-state index < -0.39 is 18.4 Å². The fourth-order valence-corrected chi connectivity index (χ4v) is 10.3. The minimum absolute atomic E-state index is 0.179. The van der Waals surface area contributed by atoms with Crippen molar-refractivity contribution in [3.05, 3.63) is 36.5 Å². The molecule has 2 atom stereocenters. The van der Waals surface area contributed by atoms with E-state index in [1.54, 1.807) is 0 Å². The van der Waals surface area contributed by atoms with Crippen LogP contribution in [0.3, 0.4) is 0 Å².